The molecule has 0 bridgehead atoms. The third-order valence-electron chi connectivity index (χ3n) is 4.90. The Bertz CT molecular complexity index is 1040. The maximum Gasteiger partial charge on any atom is 0.270 e. The van der Waals surface area contributed by atoms with E-state index in [1.54, 1.807) is 29.3 Å². The highest BCUT2D eigenvalue weighted by atomic mass is 19.1. The molecule has 1 atom stereocenters. The number of hydrogen-bond acceptors (Lipinski definition) is 4. The van der Waals surface area contributed by atoms with E-state index >= 15 is 0 Å². The molecule has 1 N–H and O–H groups in total. The average molecular weight is 381 g/mol. The van der Waals surface area contributed by atoms with Crippen molar-refractivity contribution in [1.82, 2.24) is 14.9 Å². The number of hydrogen-bond donors (Lipinski definition) is 1. The van der Waals surface area contributed by atoms with E-state index in [9.17, 15) is 14.0 Å². The van der Waals surface area contributed by atoms with Gasteiger partial charge in [0.05, 0.1) is 12.1 Å². The first kappa shape index (κ1) is 18.2. The summed E-state index contributed by atoms with van der Waals surface area (Å²) in [7, 11) is 0. The van der Waals surface area contributed by atoms with Gasteiger partial charge in [0.1, 0.15) is 17.3 Å². The molecule has 3 heterocycles. The van der Waals surface area contributed by atoms with E-state index in [2.05, 4.69) is 9.97 Å². The Balaban J connectivity index is 1.45. The molecule has 0 saturated carbocycles. The number of carbonyl (C=O) groups excluding carboxylic acids is 1. The summed E-state index contributed by atoms with van der Waals surface area (Å²) < 4.78 is 19.2. The fraction of sp³-hybridized carbons (Fsp3) is 0.286. The SMILES string of the molecule is O=C(c1cccc(=O)[nH]1)N1CCC[C@@H](c2ncc(Cc3cccc(F)c3)o2)C1. The van der Waals surface area contributed by atoms with Crippen molar-refractivity contribution in [2.75, 3.05) is 13.1 Å². The monoisotopic (exact) mass is 381 g/mol. The van der Waals surface area contributed by atoms with Gasteiger partial charge in [-0.1, -0.05) is 18.2 Å². The van der Waals surface area contributed by atoms with E-state index < -0.39 is 0 Å². The number of oxazole rings is 1. The Kier molecular flexibility index (Phi) is 5.06. The van der Waals surface area contributed by atoms with Crippen LogP contribution in [0.15, 0.2) is 57.9 Å². The molecule has 28 heavy (non-hydrogen) atoms. The maximum absolute atomic E-state index is 13.3. The van der Waals surface area contributed by atoms with E-state index in [4.69, 9.17) is 4.42 Å². The zero-order chi connectivity index (χ0) is 19.5. The molecule has 7 heteroatoms. The van der Waals surface area contributed by atoms with Gasteiger partial charge in [-0.2, -0.15) is 0 Å². The summed E-state index contributed by atoms with van der Waals surface area (Å²) in [5.74, 6) is 0.767. The van der Waals surface area contributed by atoms with E-state index in [1.165, 1.54) is 18.2 Å². The van der Waals surface area contributed by atoms with Gasteiger partial charge in [0.25, 0.3) is 5.91 Å². The first-order valence-corrected chi connectivity index (χ1v) is 9.26. The Hall–Kier alpha value is -3.22. The van der Waals surface area contributed by atoms with E-state index in [1.807, 2.05) is 6.07 Å². The van der Waals surface area contributed by atoms with Crippen LogP contribution in [0.5, 0.6) is 0 Å². The summed E-state index contributed by atoms with van der Waals surface area (Å²) in [5.41, 5.74) is 0.803. The number of rotatable bonds is 4. The second-order valence-corrected chi connectivity index (χ2v) is 6.99. The lowest BCUT2D eigenvalue weighted by Crippen LogP contribution is -2.40. The fourth-order valence-electron chi connectivity index (χ4n) is 3.55. The van der Waals surface area contributed by atoms with Crippen molar-refractivity contribution in [2.45, 2.75) is 25.2 Å². The minimum absolute atomic E-state index is 0.00519. The van der Waals surface area contributed by atoms with Gasteiger partial charge in [-0.25, -0.2) is 9.37 Å². The first-order valence-electron chi connectivity index (χ1n) is 9.26. The number of likely N-dealkylation sites (tertiary alicyclic amines) is 1. The standard InChI is InChI=1S/C21H20FN3O3/c22-16-6-1-4-14(10-16)11-17-12-23-20(28-17)15-5-3-9-25(13-15)21(27)18-7-2-8-19(26)24-18/h1-2,4,6-8,10,12,15H,3,5,9,11,13H2,(H,24,26)/t15-/m1/s1. The minimum Gasteiger partial charge on any atom is -0.445 e. The van der Waals surface area contributed by atoms with Crippen LogP contribution in [0, 0.1) is 5.82 Å². The molecule has 6 nitrogen and oxygen atoms in total. The Morgan fingerprint density at radius 2 is 2.14 bits per heavy atom. The number of aromatic nitrogens is 2. The van der Waals surface area contributed by atoms with Crippen LogP contribution in [0.1, 0.15) is 46.5 Å². The zero-order valence-corrected chi connectivity index (χ0v) is 15.2. The minimum atomic E-state index is -0.297. The molecule has 1 saturated heterocycles. The molecule has 0 spiro atoms. The molecule has 2 aromatic heterocycles. The molecule has 0 radical (unpaired) electrons. The van der Waals surface area contributed by atoms with Crippen LogP contribution in [0.25, 0.3) is 0 Å². The third-order valence-corrected chi connectivity index (χ3v) is 4.90. The van der Waals surface area contributed by atoms with Crippen molar-refractivity contribution in [3.8, 4) is 0 Å². The van der Waals surface area contributed by atoms with Crippen LogP contribution in [0.3, 0.4) is 0 Å². The molecular formula is C21H20FN3O3. The highest BCUT2D eigenvalue weighted by Gasteiger charge is 2.28. The first-order chi connectivity index (χ1) is 13.6. The Morgan fingerprint density at radius 1 is 1.29 bits per heavy atom. The quantitative estimate of drug-likeness (QED) is 0.753. The highest BCUT2D eigenvalue weighted by molar-refractivity contribution is 5.92. The summed E-state index contributed by atoms with van der Waals surface area (Å²) >= 11 is 0. The van der Waals surface area contributed by atoms with Crippen LogP contribution >= 0.6 is 0 Å². The van der Waals surface area contributed by atoms with Gasteiger partial charge in [0.15, 0.2) is 5.89 Å². The lowest BCUT2D eigenvalue weighted by atomic mass is 9.97. The van der Waals surface area contributed by atoms with Crippen molar-refractivity contribution in [2.24, 2.45) is 0 Å². The highest BCUT2D eigenvalue weighted by Crippen LogP contribution is 2.28. The third kappa shape index (κ3) is 4.03. The predicted octanol–water partition coefficient (Wildman–Crippen LogP) is 3.11. The number of nitrogens with one attached hydrogen (secondary N) is 1. The number of carbonyl (C=O) groups is 1. The number of amides is 1. The number of H-pyrrole nitrogens is 1. The number of nitrogens with zero attached hydrogens (tertiary/aromatic N) is 2. The normalized spacial score (nSPS) is 16.9. The predicted molar refractivity (Wildman–Crippen MR) is 101 cm³/mol. The lowest BCUT2D eigenvalue weighted by molar-refractivity contribution is 0.0691. The van der Waals surface area contributed by atoms with Crippen molar-refractivity contribution in [3.63, 3.8) is 0 Å². The van der Waals surface area contributed by atoms with Crippen LogP contribution in [0.4, 0.5) is 4.39 Å². The number of piperidine rings is 1. The molecule has 0 aliphatic carbocycles. The number of benzene rings is 1. The molecule has 0 unspecified atom stereocenters. The number of pyridine rings is 1. The summed E-state index contributed by atoms with van der Waals surface area (Å²) in [6.07, 6.45) is 3.82. The summed E-state index contributed by atoms with van der Waals surface area (Å²) in [6, 6.07) is 10.9. The zero-order valence-electron chi connectivity index (χ0n) is 15.2. The van der Waals surface area contributed by atoms with Crippen molar-refractivity contribution in [1.29, 1.82) is 0 Å². The van der Waals surface area contributed by atoms with Crippen LogP contribution in [-0.4, -0.2) is 33.9 Å². The lowest BCUT2D eigenvalue weighted by Gasteiger charge is -2.31. The number of halogens is 1. The molecule has 3 aromatic rings. The molecule has 1 fully saturated rings. The van der Waals surface area contributed by atoms with Gasteiger partial charge < -0.3 is 14.3 Å². The molecule has 1 aromatic carbocycles. The molecule has 1 amide bonds. The van der Waals surface area contributed by atoms with E-state index in [0.717, 1.165) is 18.4 Å². The van der Waals surface area contributed by atoms with Crippen LogP contribution < -0.4 is 5.56 Å². The average Bonchev–Trinajstić information content (AvgIpc) is 3.16. The fourth-order valence-corrected chi connectivity index (χ4v) is 3.55. The van der Waals surface area contributed by atoms with E-state index in [0.29, 0.717) is 31.2 Å². The van der Waals surface area contributed by atoms with Gasteiger partial charge in [-0.15, -0.1) is 0 Å². The van der Waals surface area contributed by atoms with Crippen LogP contribution in [0.2, 0.25) is 0 Å². The van der Waals surface area contributed by atoms with Crippen LogP contribution in [-0.2, 0) is 6.42 Å². The van der Waals surface area contributed by atoms with Crippen molar-refractivity contribution >= 4 is 5.91 Å². The molecule has 144 valence electrons. The summed E-state index contributed by atoms with van der Waals surface area (Å²) in [6.45, 7) is 1.11. The molecular weight excluding hydrogens is 361 g/mol. The summed E-state index contributed by atoms with van der Waals surface area (Å²) in [5, 5.41) is 0. The molecule has 1 aliphatic heterocycles. The topological polar surface area (TPSA) is 79.2 Å². The maximum atomic E-state index is 13.3. The molecule has 1 aliphatic rings. The Labute approximate surface area is 161 Å². The van der Waals surface area contributed by atoms with Gasteiger partial charge in [-0.05, 0) is 36.6 Å². The van der Waals surface area contributed by atoms with Crippen molar-refractivity contribution < 1.29 is 13.6 Å². The second kappa shape index (κ2) is 7.80. The number of aromatic amines is 1. The largest absolute Gasteiger partial charge is 0.445 e. The van der Waals surface area contributed by atoms with Gasteiger partial charge in [0, 0.05) is 25.6 Å². The van der Waals surface area contributed by atoms with E-state index in [-0.39, 0.29) is 28.9 Å². The smallest absolute Gasteiger partial charge is 0.270 e. The van der Waals surface area contributed by atoms with Gasteiger partial charge >= 0.3 is 0 Å². The van der Waals surface area contributed by atoms with Gasteiger partial charge in [-0.3, -0.25) is 9.59 Å². The summed E-state index contributed by atoms with van der Waals surface area (Å²) in [4.78, 5) is 32.8. The molecule has 4 rings (SSSR count). The Morgan fingerprint density at radius 3 is 2.96 bits per heavy atom. The second-order valence-electron chi connectivity index (χ2n) is 6.99. The van der Waals surface area contributed by atoms with Crippen molar-refractivity contribution in [3.05, 3.63) is 87.7 Å². The van der Waals surface area contributed by atoms with Gasteiger partial charge in [0.2, 0.25) is 5.56 Å².